The summed E-state index contributed by atoms with van der Waals surface area (Å²) in [5.74, 6) is 0. The minimum atomic E-state index is -0.323. The van der Waals surface area contributed by atoms with Crippen molar-refractivity contribution in [2.24, 2.45) is 0 Å². The maximum absolute atomic E-state index is 12.1. The predicted octanol–water partition coefficient (Wildman–Crippen LogP) is 4.14. The SMILES string of the molecule is Cc1cc2oc(=O)cc(CNC(Cn3cccn3)c3ccccc3)c2cc1C. The van der Waals surface area contributed by atoms with Crippen molar-refractivity contribution in [2.45, 2.75) is 33.0 Å². The summed E-state index contributed by atoms with van der Waals surface area (Å²) in [6.45, 7) is 5.36. The van der Waals surface area contributed by atoms with E-state index in [1.807, 2.05) is 48.1 Å². The van der Waals surface area contributed by atoms with E-state index < -0.39 is 0 Å². The van der Waals surface area contributed by atoms with Gasteiger partial charge in [-0.15, -0.1) is 0 Å². The lowest BCUT2D eigenvalue weighted by Gasteiger charge is -2.20. The van der Waals surface area contributed by atoms with E-state index in [4.69, 9.17) is 4.42 Å². The average Bonchev–Trinajstić information content (AvgIpc) is 3.20. The second-order valence-electron chi connectivity index (χ2n) is 7.10. The van der Waals surface area contributed by atoms with Gasteiger partial charge in [-0.25, -0.2) is 4.79 Å². The standard InChI is InChI=1S/C23H23N3O2/c1-16-11-20-19(13-23(27)28-22(20)12-17(16)2)14-24-21(15-26-10-6-9-25-26)18-7-4-3-5-8-18/h3-13,21,24H,14-15H2,1-2H3. The third-order valence-electron chi connectivity index (χ3n) is 5.11. The molecular weight excluding hydrogens is 350 g/mol. The Morgan fingerprint density at radius 1 is 1.07 bits per heavy atom. The highest BCUT2D eigenvalue weighted by Crippen LogP contribution is 2.23. The fourth-order valence-corrected chi connectivity index (χ4v) is 3.43. The first-order chi connectivity index (χ1) is 13.6. The van der Waals surface area contributed by atoms with E-state index in [-0.39, 0.29) is 11.7 Å². The van der Waals surface area contributed by atoms with Gasteiger partial charge in [0.25, 0.3) is 0 Å². The largest absolute Gasteiger partial charge is 0.423 e. The molecule has 5 nitrogen and oxygen atoms in total. The summed E-state index contributed by atoms with van der Waals surface area (Å²) in [5.41, 5.74) is 4.72. The van der Waals surface area contributed by atoms with E-state index in [1.165, 1.54) is 11.1 Å². The highest BCUT2D eigenvalue weighted by Gasteiger charge is 2.14. The number of benzene rings is 2. The molecule has 0 fully saturated rings. The van der Waals surface area contributed by atoms with Crippen LogP contribution in [-0.2, 0) is 13.1 Å². The lowest BCUT2D eigenvalue weighted by molar-refractivity contribution is 0.437. The molecule has 4 rings (SSSR count). The minimum absolute atomic E-state index is 0.0648. The van der Waals surface area contributed by atoms with Crippen molar-refractivity contribution >= 4 is 11.0 Å². The molecule has 1 N–H and O–H groups in total. The van der Waals surface area contributed by atoms with Crippen LogP contribution in [0.5, 0.6) is 0 Å². The van der Waals surface area contributed by atoms with Gasteiger partial charge in [-0.3, -0.25) is 4.68 Å². The zero-order chi connectivity index (χ0) is 19.5. The molecule has 0 radical (unpaired) electrons. The number of rotatable bonds is 6. The summed E-state index contributed by atoms with van der Waals surface area (Å²) in [6, 6.07) is 17.9. The van der Waals surface area contributed by atoms with Crippen LogP contribution in [0.15, 0.2) is 76.2 Å². The van der Waals surface area contributed by atoms with Gasteiger partial charge in [-0.2, -0.15) is 5.10 Å². The van der Waals surface area contributed by atoms with Crippen LogP contribution in [0.1, 0.15) is 28.3 Å². The molecule has 0 bridgehead atoms. The molecule has 1 atom stereocenters. The molecule has 1 unspecified atom stereocenters. The second kappa shape index (κ2) is 7.82. The van der Waals surface area contributed by atoms with Gasteiger partial charge in [0.15, 0.2) is 0 Å². The van der Waals surface area contributed by atoms with Gasteiger partial charge in [0.1, 0.15) is 5.58 Å². The number of aromatic nitrogens is 2. The number of nitrogens with one attached hydrogen (secondary N) is 1. The second-order valence-corrected chi connectivity index (χ2v) is 7.10. The summed E-state index contributed by atoms with van der Waals surface area (Å²) in [6.07, 6.45) is 3.74. The summed E-state index contributed by atoms with van der Waals surface area (Å²) in [4.78, 5) is 12.1. The average molecular weight is 373 g/mol. The molecule has 0 aliphatic carbocycles. The molecule has 5 heteroatoms. The van der Waals surface area contributed by atoms with E-state index >= 15 is 0 Å². The third-order valence-corrected chi connectivity index (χ3v) is 5.11. The lowest BCUT2D eigenvalue weighted by atomic mass is 10.0. The number of nitrogens with zero attached hydrogens (tertiary/aromatic N) is 2. The summed E-state index contributed by atoms with van der Waals surface area (Å²) >= 11 is 0. The molecule has 0 aliphatic heterocycles. The van der Waals surface area contributed by atoms with Crippen molar-refractivity contribution < 1.29 is 4.42 Å². The highest BCUT2D eigenvalue weighted by molar-refractivity contribution is 5.81. The molecule has 28 heavy (non-hydrogen) atoms. The van der Waals surface area contributed by atoms with Crippen molar-refractivity contribution in [3.8, 4) is 0 Å². The zero-order valence-corrected chi connectivity index (χ0v) is 16.1. The molecule has 2 aromatic carbocycles. The van der Waals surface area contributed by atoms with Crippen LogP contribution in [0.25, 0.3) is 11.0 Å². The maximum Gasteiger partial charge on any atom is 0.336 e. The summed E-state index contributed by atoms with van der Waals surface area (Å²) in [7, 11) is 0. The van der Waals surface area contributed by atoms with E-state index in [0.717, 1.165) is 16.5 Å². The first kappa shape index (κ1) is 18.2. The fraction of sp³-hybridized carbons (Fsp3) is 0.217. The Hall–Kier alpha value is -3.18. The van der Waals surface area contributed by atoms with Crippen molar-refractivity contribution in [1.29, 1.82) is 0 Å². The van der Waals surface area contributed by atoms with Crippen LogP contribution in [-0.4, -0.2) is 9.78 Å². The van der Waals surface area contributed by atoms with Gasteiger partial charge in [0.2, 0.25) is 0 Å². The van der Waals surface area contributed by atoms with E-state index in [2.05, 4.69) is 35.5 Å². The van der Waals surface area contributed by atoms with Crippen LogP contribution in [0.2, 0.25) is 0 Å². The molecule has 0 aliphatic rings. The quantitative estimate of drug-likeness (QED) is 0.516. The van der Waals surface area contributed by atoms with Gasteiger partial charge >= 0.3 is 5.63 Å². The third kappa shape index (κ3) is 3.89. The Balaban J connectivity index is 1.65. The molecule has 2 aromatic heterocycles. The molecular formula is C23H23N3O2. The number of hydrogen-bond donors (Lipinski definition) is 1. The molecule has 0 amide bonds. The van der Waals surface area contributed by atoms with Gasteiger partial charge < -0.3 is 9.73 Å². The molecule has 0 saturated carbocycles. The van der Waals surface area contributed by atoms with Gasteiger partial charge in [0, 0.05) is 30.4 Å². The van der Waals surface area contributed by atoms with Crippen molar-refractivity contribution in [3.05, 3.63) is 99.7 Å². The van der Waals surface area contributed by atoms with Crippen LogP contribution in [0.3, 0.4) is 0 Å². The Labute approximate surface area is 163 Å². The molecule has 4 aromatic rings. The number of hydrogen-bond acceptors (Lipinski definition) is 4. The minimum Gasteiger partial charge on any atom is -0.423 e. The van der Waals surface area contributed by atoms with E-state index in [1.54, 1.807) is 12.3 Å². The van der Waals surface area contributed by atoms with Crippen LogP contribution < -0.4 is 10.9 Å². The van der Waals surface area contributed by atoms with E-state index in [9.17, 15) is 4.79 Å². The van der Waals surface area contributed by atoms with Gasteiger partial charge in [0.05, 0.1) is 12.6 Å². The molecule has 142 valence electrons. The smallest absolute Gasteiger partial charge is 0.336 e. The Bertz CT molecular complexity index is 1130. The van der Waals surface area contributed by atoms with Crippen molar-refractivity contribution in [2.75, 3.05) is 0 Å². The molecule has 0 saturated heterocycles. The summed E-state index contributed by atoms with van der Waals surface area (Å²) < 4.78 is 7.33. The van der Waals surface area contributed by atoms with Gasteiger partial charge in [-0.1, -0.05) is 30.3 Å². The van der Waals surface area contributed by atoms with Gasteiger partial charge in [-0.05, 0) is 54.3 Å². The van der Waals surface area contributed by atoms with Crippen molar-refractivity contribution in [1.82, 2.24) is 15.1 Å². The molecule has 0 spiro atoms. The van der Waals surface area contributed by atoms with E-state index in [0.29, 0.717) is 18.7 Å². The Kier molecular flexibility index (Phi) is 5.08. The Morgan fingerprint density at radius 3 is 2.61 bits per heavy atom. The van der Waals surface area contributed by atoms with Crippen LogP contribution >= 0.6 is 0 Å². The lowest BCUT2D eigenvalue weighted by Crippen LogP contribution is -2.26. The Morgan fingerprint density at radius 2 is 1.86 bits per heavy atom. The first-order valence-corrected chi connectivity index (χ1v) is 9.40. The summed E-state index contributed by atoms with van der Waals surface area (Å²) in [5, 5.41) is 8.91. The number of fused-ring (bicyclic) bond motifs is 1. The van der Waals surface area contributed by atoms with Crippen molar-refractivity contribution in [3.63, 3.8) is 0 Å². The maximum atomic E-state index is 12.1. The van der Waals surface area contributed by atoms with Crippen LogP contribution in [0, 0.1) is 13.8 Å². The van der Waals surface area contributed by atoms with Crippen LogP contribution in [0.4, 0.5) is 0 Å². The molecule has 2 heterocycles. The predicted molar refractivity (Wildman–Crippen MR) is 110 cm³/mol. The monoisotopic (exact) mass is 373 g/mol. The number of aryl methyl sites for hydroxylation is 2. The highest BCUT2D eigenvalue weighted by atomic mass is 16.4. The zero-order valence-electron chi connectivity index (χ0n) is 16.1. The first-order valence-electron chi connectivity index (χ1n) is 9.40. The fourth-order valence-electron chi connectivity index (χ4n) is 3.43. The topological polar surface area (TPSA) is 60.1 Å². The normalized spacial score (nSPS) is 12.4.